The number of nitrogens with zero attached hydrogens (tertiary/aromatic N) is 3. The summed E-state index contributed by atoms with van der Waals surface area (Å²) in [5, 5.41) is 3.95. The number of amides is 1. The zero-order valence-corrected chi connectivity index (χ0v) is 11.8. The number of aromatic nitrogens is 2. The first-order valence-corrected chi connectivity index (χ1v) is 6.16. The van der Waals surface area contributed by atoms with E-state index in [4.69, 9.17) is 4.74 Å². The van der Waals surface area contributed by atoms with Gasteiger partial charge in [-0.05, 0) is 6.92 Å². The lowest BCUT2D eigenvalue weighted by Gasteiger charge is -2.18. The fourth-order valence-corrected chi connectivity index (χ4v) is 1.59. The van der Waals surface area contributed by atoms with E-state index in [-0.39, 0.29) is 12.5 Å². The van der Waals surface area contributed by atoms with Crippen molar-refractivity contribution in [3.8, 4) is 0 Å². The molecule has 0 aliphatic carbocycles. The summed E-state index contributed by atoms with van der Waals surface area (Å²) < 4.78 is 6.58. The minimum Gasteiger partial charge on any atom is -0.452 e. The van der Waals surface area contributed by atoms with Crippen molar-refractivity contribution >= 4 is 11.9 Å². The van der Waals surface area contributed by atoms with Gasteiger partial charge in [-0.15, -0.1) is 13.2 Å². The van der Waals surface area contributed by atoms with Gasteiger partial charge < -0.3 is 9.64 Å². The summed E-state index contributed by atoms with van der Waals surface area (Å²) in [6, 6.07) is 0. The summed E-state index contributed by atoms with van der Waals surface area (Å²) in [4.78, 5) is 25.2. The topological polar surface area (TPSA) is 64.4 Å². The highest BCUT2D eigenvalue weighted by Crippen LogP contribution is 2.07. The third kappa shape index (κ3) is 3.81. The molecule has 0 bridgehead atoms. The number of esters is 1. The first kappa shape index (κ1) is 15.7. The lowest BCUT2D eigenvalue weighted by molar-refractivity contribution is -0.133. The second-order valence-corrected chi connectivity index (χ2v) is 4.22. The minimum absolute atomic E-state index is 0.292. The van der Waals surface area contributed by atoms with Crippen LogP contribution in [-0.4, -0.2) is 46.3 Å². The Hall–Kier alpha value is -2.37. The fraction of sp³-hybridized carbons (Fsp3) is 0.357. The molecule has 0 aromatic carbocycles. The van der Waals surface area contributed by atoms with E-state index < -0.39 is 5.97 Å². The van der Waals surface area contributed by atoms with Gasteiger partial charge in [0.05, 0.1) is 6.20 Å². The Kier molecular flexibility index (Phi) is 5.71. The first-order chi connectivity index (χ1) is 9.51. The van der Waals surface area contributed by atoms with Crippen LogP contribution in [0.5, 0.6) is 0 Å². The molecule has 0 saturated heterocycles. The van der Waals surface area contributed by atoms with Crippen molar-refractivity contribution in [2.24, 2.45) is 7.05 Å². The molecule has 1 amide bonds. The van der Waals surface area contributed by atoms with E-state index in [9.17, 15) is 9.59 Å². The van der Waals surface area contributed by atoms with Crippen LogP contribution in [0.2, 0.25) is 0 Å². The summed E-state index contributed by atoms with van der Waals surface area (Å²) >= 11 is 0. The van der Waals surface area contributed by atoms with Crippen molar-refractivity contribution in [2.75, 3.05) is 19.7 Å². The van der Waals surface area contributed by atoms with Gasteiger partial charge in [-0.3, -0.25) is 9.48 Å². The van der Waals surface area contributed by atoms with Crippen molar-refractivity contribution in [2.45, 2.75) is 6.92 Å². The highest BCUT2D eigenvalue weighted by atomic mass is 16.5. The molecule has 0 N–H and O–H groups in total. The number of hydrogen-bond donors (Lipinski definition) is 0. The molecule has 1 aromatic heterocycles. The van der Waals surface area contributed by atoms with E-state index in [0.29, 0.717) is 24.3 Å². The van der Waals surface area contributed by atoms with Crippen LogP contribution in [0, 0.1) is 6.92 Å². The highest BCUT2D eigenvalue weighted by molar-refractivity contribution is 5.92. The Bertz CT molecular complexity index is 510. The number of ether oxygens (including phenoxy) is 1. The van der Waals surface area contributed by atoms with Crippen LogP contribution >= 0.6 is 0 Å². The molecular weight excluding hydrogens is 258 g/mol. The van der Waals surface area contributed by atoms with Gasteiger partial charge in [-0.2, -0.15) is 5.10 Å². The summed E-state index contributed by atoms with van der Waals surface area (Å²) in [5.41, 5.74) is 1.05. The third-order valence-electron chi connectivity index (χ3n) is 2.83. The Morgan fingerprint density at radius 2 is 2.00 bits per heavy atom. The zero-order chi connectivity index (χ0) is 15.1. The number of hydrogen-bond acceptors (Lipinski definition) is 4. The summed E-state index contributed by atoms with van der Waals surface area (Å²) in [5.74, 6) is -0.846. The molecular formula is C14H19N3O3. The molecule has 1 heterocycles. The predicted octanol–water partition coefficient (Wildman–Crippen LogP) is 1.09. The van der Waals surface area contributed by atoms with Crippen LogP contribution in [0.25, 0.3) is 0 Å². The zero-order valence-electron chi connectivity index (χ0n) is 11.8. The second-order valence-electron chi connectivity index (χ2n) is 4.22. The number of aryl methyl sites for hydroxylation is 1. The molecule has 0 radical (unpaired) electrons. The van der Waals surface area contributed by atoms with Gasteiger partial charge in [-0.25, -0.2) is 4.79 Å². The summed E-state index contributed by atoms with van der Waals surface area (Å²) in [6.45, 7) is 9.36. The largest absolute Gasteiger partial charge is 0.452 e. The van der Waals surface area contributed by atoms with Gasteiger partial charge in [0, 0.05) is 25.8 Å². The lowest BCUT2D eigenvalue weighted by atomic mass is 10.3. The summed E-state index contributed by atoms with van der Waals surface area (Å²) in [7, 11) is 1.73. The van der Waals surface area contributed by atoms with Crippen LogP contribution in [0.3, 0.4) is 0 Å². The van der Waals surface area contributed by atoms with Crippen LogP contribution in [-0.2, 0) is 16.6 Å². The van der Waals surface area contributed by atoms with E-state index in [2.05, 4.69) is 18.3 Å². The fourth-order valence-electron chi connectivity index (χ4n) is 1.59. The average Bonchev–Trinajstić information content (AvgIpc) is 2.76. The molecule has 0 atom stereocenters. The van der Waals surface area contributed by atoms with Crippen molar-refractivity contribution in [3.05, 3.63) is 42.8 Å². The highest BCUT2D eigenvalue weighted by Gasteiger charge is 2.17. The van der Waals surface area contributed by atoms with Crippen LogP contribution < -0.4 is 0 Å². The average molecular weight is 277 g/mol. The number of rotatable bonds is 7. The molecule has 0 aliphatic heterocycles. The van der Waals surface area contributed by atoms with E-state index >= 15 is 0 Å². The third-order valence-corrected chi connectivity index (χ3v) is 2.83. The SMILES string of the molecule is C=CCN(CC=C)C(=O)COC(=O)c1cnn(C)c1C. The van der Waals surface area contributed by atoms with E-state index in [0.717, 1.165) is 0 Å². The molecule has 0 unspecified atom stereocenters. The standard InChI is InChI=1S/C14H19N3O3/c1-5-7-17(8-6-2)13(18)10-20-14(19)12-9-15-16(4)11(12)3/h5-6,9H,1-2,7-8,10H2,3-4H3. The van der Waals surface area contributed by atoms with Crippen LogP contribution in [0.15, 0.2) is 31.5 Å². The van der Waals surface area contributed by atoms with Gasteiger partial charge in [0.15, 0.2) is 6.61 Å². The van der Waals surface area contributed by atoms with E-state index in [1.165, 1.54) is 11.1 Å². The van der Waals surface area contributed by atoms with Gasteiger partial charge in [-0.1, -0.05) is 12.2 Å². The Morgan fingerprint density at radius 3 is 2.45 bits per heavy atom. The van der Waals surface area contributed by atoms with Crippen LogP contribution in [0.1, 0.15) is 16.1 Å². The Balaban J connectivity index is 2.59. The van der Waals surface area contributed by atoms with Gasteiger partial charge in [0.2, 0.25) is 0 Å². The molecule has 6 nitrogen and oxygen atoms in total. The Morgan fingerprint density at radius 1 is 1.40 bits per heavy atom. The monoisotopic (exact) mass is 277 g/mol. The first-order valence-electron chi connectivity index (χ1n) is 6.16. The van der Waals surface area contributed by atoms with Crippen LogP contribution in [0.4, 0.5) is 0 Å². The second kappa shape index (κ2) is 7.28. The maximum absolute atomic E-state index is 11.9. The van der Waals surface area contributed by atoms with E-state index in [1.54, 1.807) is 30.8 Å². The maximum Gasteiger partial charge on any atom is 0.342 e. The predicted molar refractivity (Wildman–Crippen MR) is 75.2 cm³/mol. The van der Waals surface area contributed by atoms with Crippen molar-refractivity contribution < 1.29 is 14.3 Å². The smallest absolute Gasteiger partial charge is 0.342 e. The molecule has 1 aromatic rings. The molecule has 0 saturated carbocycles. The normalized spacial score (nSPS) is 9.90. The Labute approximate surface area is 118 Å². The van der Waals surface area contributed by atoms with Gasteiger partial charge in [0.25, 0.3) is 5.91 Å². The van der Waals surface area contributed by atoms with Gasteiger partial charge >= 0.3 is 5.97 Å². The van der Waals surface area contributed by atoms with Gasteiger partial charge in [0.1, 0.15) is 5.56 Å². The molecule has 6 heteroatoms. The minimum atomic E-state index is -0.555. The van der Waals surface area contributed by atoms with E-state index in [1.807, 2.05) is 0 Å². The number of carbonyl (C=O) groups is 2. The molecule has 0 aliphatic rings. The summed E-state index contributed by atoms with van der Waals surface area (Å²) in [6.07, 6.45) is 4.64. The molecule has 1 rings (SSSR count). The molecule has 20 heavy (non-hydrogen) atoms. The maximum atomic E-state index is 11.9. The van der Waals surface area contributed by atoms with Crippen molar-refractivity contribution in [3.63, 3.8) is 0 Å². The molecule has 0 spiro atoms. The quantitative estimate of drug-likeness (QED) is 0.553. The number of carbonyl (C=O) groups excluding carboxylic acids is 2. The van der Waals surface area contributed by atoms with Crippen molar-refractivity contribution in [1.29, 1.82) is 0 Å². The molecule has 108 valence electrons. The molecule has 0 fully saturated rings. The van der Waals surface area contributed by atoms with Crippen molar-refractivity contribution in [1.82, 2.24) is 14.7 Å². The lowest BCUT2D eigenvalue weighted by Crippen LogP contribution is -2.35.